The van der Waals surface area contributed by atoms with E-state index in [0.717, 1.165) is 42.7 Å². The molecule has 2 aromatic carbocycles. The predicted molar refractivity (Wildman–Crippen MR) is 99.3 cm³/mol. The molecule has 23 heavy (non-hydrogen) atoms. The second-order valence-corrected chi connectivity index (χ2v) is 6.18. The Morgan fingerprint density at radius 3 is 2.39 bits per heavy atom. The largest absolute Gasteiger partial charge is 0.508 e. The molecule has 1 saturated heterocycles. The quantitative estimate of drug-likeness (QED) is 0.829. The first kappa shape index (κ1) is 15.6. The third-order valence-electron chi connectivity index (χ3n) is 4.05. The van der Waals surface area contributed by atoms with Crippen molar-refractivity contribution in [1.29, 1.82) is 0 Å². The van der Waals surface area contributed by atoms with Crippen LogP contribution in [0.25, 0.3) is 0 Å². The fraction of sp³-hybridized carbons (Fsp3) is 0.278. The lowest BCUT2D eigenvalue weighted by Crippen LogP contribution is -2.50. The van der Waals surface area contributed by atoms with Crippen LogP contribution in [0.1, 0.15) is 5.56 Å². The lowest BCUT2D eigenvalue weighted by Gasteiger charge is -2.37. The number of phenols is 1. The van der Waals surface area contributed by atoms with Gasteiger partial charge in [0.05, 0.1) is 0 Å². The molecule has 0 aliphatic carbocycles. The number of hydrogen-bond acceptors (Lipinski definition) is 3. The highest BCUT2D eigenvalue weighted by Crippen LogP contribution is 2.20. The van der Waals surface area contributed by atoms with Crippen LogP contribution in [-0.4, -0.2) is 41.3 Å². The summed E-state index contributed by atoms with van der Waals surface area (Å²) in [5.41, 5.74) is 3.39. The maximum absolute atomic E-state index is 9.38. The van der Waals surface area contributed by atoms with E-state index in [0.29, 0.717) is 5.75 Å². The maximum atomic E-state index is 9.38. The summed E-state index contributed by atoms with van der Waals surface area (Å²) in [6.45, 7) is 5.68. The van der Waals surface area contributed by atoms with Crippen LogP contribution in [0.4, 0.5) is 11.4 Å². The molecule has 3 rings (SSSR count). The minimum atomic E-state index is 0.302. The number of benzene rings is 2. The number of nitrogens with one attached hydrogen (secondary N) is 1. The Labute approximate surface area is 142 Å². The van der Waals surface area contributed by atoms with Gasteiger partial charge in [0.2, 0.25) is 0 Å². The van der Waals surface area contributed by atoms with Crippen molar-refractivity contribution in [2.75, 3.05) is 36.4 Å². The van der Waals surface area contributed by atoms with Crippen LogP contribution in [0, 0.1) is 6.92 Å². The maximum Gasteiger partial charge on any atom is 0.173 e. The third-order valence-corrected chi connectivity index (χ3v) is 4.41. The van der Waals surface area contributed by atoms with Crippen molar-refractivity contribution in [2.24, 2.45) is 0 Å². The van der Waals surface area contributed by atoms with Gasteiger partial charge < -0.3 is 20.2 Å². The molecule has 4 nitrogen and oxygen atoms in total. The molecule has 0 bridgehead atoms. The smallest absolute Gasteiger partial charge is 0.173 e. The van der Waals surface area contributed by atoms with E-state index in [9.17, 15) is 5.11 Å². The van der Waals surface area contributed by atoms with E-state index in [1.54, 1.807) is 12.1 Å². The van der Waals surface area contributed by atoms with Gasteiger partial charge in [0.15, 0.2) is 5.11 Å². The normalized spacial score (nSPS) is 14.7. The van der Waals surface area contributed by atoms with E-state index in [1.165, 1.54) is 5.56 Å². The number of aromatic hydroxyl groups is 1. The average molecular weight is 327 g/mol. The van der Waals surface area contributed by atoms with Crippen LogP contribution in [0.3, 0.4) is 0 Å². The fourth-order valence-corrected chi connectivity index (χ4v) is 3.06. The molecule has 1 aliphatic heterocycles. The molecule has 5 heteroatoms. The zero-order valence-electron chi connectivity index (χ0n) is 13.2. The Kier molecular flexibility index (Phi) is 4.67. The molecule has 0 radical (unpaired) electrons. The monoisotopic (exact) mass is 327 g/mol. The summed E-state index contributed by atoms with van der Waals surface area (Å²) in [7, 11) is 0. The first-order chi connectivity index (χ1) is 11.1. The minimum absolute atomic E-state index is 0.302. The number of thiocarbonyl (C=S) groups is 1. The summed E-state index contributed by atoms with van der Waals surface area (Å²) >= 11 is 5.53. The molecule has 1 heterocycles. The molecule has 2 N–H and O–H groups in total. The molecule has 0 unspecified atom stereocenters. The van der Waals surface area contributed by atoms with Crippen LogP contribution in [0.5, 0.6) is 5.75 Å². The summed E-state index contributed by atoms with van der Waals surface area (Å²) in [4.78, 5) is 4.51. The second-order valence-electron chi connectivity index (χ2n) is 5.79. The zero-order chi connectivity index (χ0) is 16.2. The number of nitrogens with zero attached hydrogens (tertiary/aromatic N) is 2. The molecule has 0 atom stereocenters. The first-order valence-corrected chi connectivity index (χ1v) is 8.19. The number of piperazine rings is 1. The molecule has 0 spiro atoms. The van der Waals surface area contributed by atoms with Crippen LogP contribution < -0.4 is 10.2 Å². The summed E-state index contributed by atoms with van der Waals surface area (Å²) < 4.78 is 0. The van der Waals surface area contributed by atoms with E-state index < -0.39 is 0 Å². The van der Waals surface area contributed by atoms with Gasteiger partial charge >= 0.3 is 0 Å². The van der Waals surface area contributed by atoms with Crippen LogP contribution >= 0.6 is 12.2 Å². The third kappa shape index (κ3) is 3.93. The molecule has 0 amide bonds. The predicted octanol–water partition coefficient (Wildman–Crippen LogP) is 3.22. The van der Waals surface area contributed by atoms with Crippen molar-refractivity contribution in [3.05, 3.63) is 54.1 Å². The van der Waals surface area contributed by atoms with Gasteiger partial charge in [-0.3, -0.25) is 0 Å². The van der Waals surface area contributed by atoms with E-state index in [1.807, 2.05) is 24.3 Å². The average Bonchev–Trinajstić information content (AvgIpc) is 2.56. The number of phenolic OH excluding ortho intramolecular Hbond substituents is 1. The van der Waals surface area contributed by atoms with Crippen LogP contribution in [0.15, 0.2) is 48.5 Å². The molecule has 1 fully saturated rings. The molecule has 0 saturated carbocycles. The van der Waals surface area contributed by atoms with E-state index >= 15 is 0 Å². The van der Waals surface area contributed by atoms with Crippen molar-refractivity contribution < 1.29 is 5.11 Å². The molecule has 2 aromatic rings. The zero-order valence-corrected chi connectivity index (χ0v) is 14.0. The van der Waals surface area contributed by atoms with E-state index in [-0.39, 0.29) is 0 Å². The molecule has 0 aromatic heterocycles. The molecular weight excluding hydrogens is 306 g/mol. The molecule has 1 aliphatic rings. The van der Waals surface area contributed by atoms with Crippen molar-refractivity contribution in [2.45, 2.75) is 6.92 Å². The Morgan fingerprint density at radius 2 is 1.74 bits per heavy atom. The summed E-state index contributed by atoms with van der Waals surface area (Å²) in [5, 5.41) is 13.5. The highest BCUT2D eigenvalue weighted by Gasteiger charge is 2.19. The van der Waals surface area contributed by atoms with Crippen LogP contribution in [-0.2, 0) is 0 Å². The van der Waals surface area contributed by atoms with Gasteiger partial charge in [0.25, 0.3) is 0 Å². The van der Waals surface area contributed by atoms with Gasteiger partial charge in [-0.05, 0) is 61.1 Å². The topological polar surface area (TPSA) is 38.7 Å². The highest BCUT2D eigenvalue weighted by molar-refractivity contribution is 7.80. The van der Waals surface area contributed by atoms with Crippen molar-refractivity contribution in [3.63, 3.8) is 0 Å². The minimum Gasteiger partial charge on any atom is -0.508 e. The van der Waals surface area contributed by atoms with Gasteiger partial charge in [-0.2, -0.15) is 0 Å². The van der Waals surface area contributed by atoms with Gasteiger partial charge in [0.1, 0.15) is 5.75 Å². The van der Waals surface area contributed by atoms with Gasteiger partial charge in [0, 0.05) is 37.6 Å². The lowest BCUT2D eigenvalue weighted by molar-refractivity contribution is 0.391. The number of aryl methyl sites for hydroxylation is 1. The molecule has 120 valence electrons. The number of rotatable bonds is 2. The Hall–Kier alpha value is -2.27. The Morgan fingerprint density at radius 1 is 1.04 bits per heavy atom. The first-order valence-electron chi connectivity index (χ1n) is 7.78. The molecular formula is C18H21N3OS. The Balaban J connectivity index is 1.56. The van der Waals surface area contributed by atoms with Gasteiger partial charge in [-0.1, -0.05) is 12.1 Å². The summed E-state index contributed by atoms with van der Waals surface area (Å²) in [6, 6.07) is 15.6. The summed E-state index contributed by atoms with van der Waals surface area (Å²) in [5.74, 6) is 0.302. The standard InChI is InChI=1S/C18H21N3OS/c1-14-3-2-4-15(13-14)19-18(23)21-11-9-20(10-12-21)16-5-7-17(22)8-6-16/h2-8,13,22H,9-12H2,1H3,(H,19,23). The number of hydrogen-bond donors (Lipinski definition) is 2. The fourth-order valence-electron chi connectivity index (χ4n) is 2.76. The lowest BCUT2D eigenvalue weighted by atomic mass is 10.2. The second kappa shape index (κ2) is 6.87. The highest BCUT2D eigenvalue weighted by atomic mass is 32.1. The van der Waals surface area contributed by atoms with Gasteiger partial charge in [-0.25, -0.2) is 0 Å². The van der Waals surface area contributed by atoms with E-state index in [2.05, 4.69) is 34.2 Å². The van der Waals surface area contributed by atoms with Crippen molar-refractivity contribution >= 4 is 28.7 Å². The van der Waals surface area contributed by atoms with Gasteiger partial charge in [-0.15, -0.1) is 0 Å². The van der Waals surface area contributed by atoms with E-state index in [4.69, 9.17) is 12.2 Å². The Bertz CT molecular complexity index is 679. The van der Waals surface area contributed by atoms with Crippen LogP contribution in [0.2, 0.25) is 0 Å². The van der Waals surface area contributed by atoms with Crippen molar-refractivity contribution in [3.8, 4) is 5.75 Å². The summed E-state index contributed by atoms with van der Waals surface area (Å²) in [6.07, 6.45) is 0. The SMILES string of the molecule is Cc1cccc(NC(=S)N2CCN(c3ccc(O)cc3)CC2)c1. The number of anilines is 2. The van der Waals surface area contributed by atoms with Crippen molar-refractivity contribution in [1.82, 2.24) is 4.90 Å².